The lowest BCUT2D eigenvalue weighted by Crippen LogP contribution is -2.30. The summed E-state index contributed by atoms with van der Waals surface area (Å²) in [7, 11) is 1.42. The van der Waals surface area contributed by atoms with E-state index in [4.69, 9.17) is 17.0 Å². The number of ether oxygens (including phenoxy) is 1. The van der Waals surface area contributed by atoms with Crippen LogP contribution in [0, 0.1) is 6.92 Å². The van der Waals surface area contributed by atoms with E-state index in [1.807, 2.05) is 18.2 Å². The summed E-state index contributed by atoms with van der Waals surface area (Å²) in [4.78, 5) is 20.6. The smallest absolute Gasteiger partial charge is 0.305 e. The lowest BCUT2D eigenvalue weighted by Gasteiger charge is -2.26. The van der Waals surface area contributed by atoms with Gasteiger partial charge < -0.3 is 15.0 Å². The quantitative estimate of drug-likeness (QED) is 0.617. The monoisotopic (exact) mass is 375 g/mol. The van der Waals surface area contributed by atoms with Crippen LogP contribution < -0.4 is 5.32 Å². The predicted octanol–water partition coefficient (Wildman–Crippen LogP) is 3.38. The summed E-state index contributed by atoms with van der Waals surface area (Å²) in [6.45, 7) is 2.80. The zero-order valence-electron chi connectivity index (χ0n) is 14.3. The molecular formula is C18H21N3O2S2. The molecule has 1 aliphatic heterocycles. The maximum atomic E-state index is 11.4. The van der Waals surface area contributed by atoms with Gasteiger partial charge in [-0.2, -0.15) is 0 Å². The number of carbonyl (C=O) groups is 1. The molecule has 2 aromatic heterocycles. The van der Waals surface area contributed by atoms with Crippen LogP contribution in [0.1, 0.15) is 40.4 Å². The first-order valence-corrected chi connectivity index (χ1v) is 9.44. The van der Waals surface area contributed by atoms with Crippen LogP contribution in [0.4, 0.5) is 0 Å². The molecular weight excluding hydrogens is 354 g/mol. The number of esters is 1. The second kappa shape index (κ2) is 7.93. The number of nitrogens with one attached hydrogen (secondary N) is 1. The largest absolute Gasteiger partial charge is 0.469 e. The van der Waals surface area contributed by atoms with Gasteiger partial charge in [0.25, 0.3) is 0 Å². The van der Waals surface area contributed by atoms with E-state index in [1.54, 1.807) is 17.5 Å². The zero-order chi connectivity index (χ0) is 17.8. The van der Waals surface area contributed by atoms with Gasteiger partial charge in [-0.15, -0.1) is 11.3 Å². The lowest BCUT2D eigenvalue weighted by molar-refractivity contribution is -0.140. The van der Waals surface area contributed by atoms with Gasteiger partial charge in [-0.25, -0.2) is 0 Å². The summed E-state index contributed by atoms with van der Waals surface area (Å²) in [5.41, 5.74) is 0.969. The van der Waals surface area contributed by atoms with Gasteiger partial charge in [0.2, 0.25) is 0 Å². The number of carbonyl (C=O) groups excluding carboxylic acids is 1. The average Bonchev–Trinajstić information content (AvgIpc) is 3.19. The molecule has 1 N–H and O–H groups in total. The van der Waals surface area contributed by atoms with Crippen LogP contribution in [0.15, 0.2) is 36.5 Å². The van der Waals surface area contributed by atoms with Crippen molar-refractivity contribution >= 4 is 34.6 Å². The Balaban J connectivity index is 1.85. The van der Waals surface area contributed by atoms with Crippen molar-refractivity contribution in [3.05, 3.63) is 52.0 Å². The third-order valence-electron chi connectivity index (χ3n) is 4.26. The fourth-order valence-electron chi connectivity index (χ4n) is 3.06. The Labute approximate surface area is 157 Å². The first kappa shape index (κ1) is 17.8. The third-order valence-corrected chi connectivity index (χ3v) is 5.68. The molecule has 25 heavy (non-hydrogen) atoms. The van der Waals surface area contributed by atoms with E-state index in [1.165, 1.54) is 16.9 Å². The minimum Gasteiger partial charge on any atom is -0.469 e. The van der Waals surface area contributed by atoms with Gasteiger partial charge in [0.1, 0.15) is 0 Å². The molecule has 7 heteroatoms. The van der Waals surface area contributed by atoms with Crippen LogP contribution in [-0.2, 0) is 9.53 Å². The first-order valence-electron chi connectivity index (χ1n) is 8.21. The molecule has 0 aromatic carbocycles. The standard InChI is InChI=1S/C18H21N3O2S2/c1-12-8-9-14(25-12)17-16(13-6-3-4-10-19-13)20-18(24)21(17)11-5-7-15(22)23-2/h3-4,6,8-10,16-17H,5,7,11H2,1-2H3,(H,20,24)/t16-,17+/m1/s1. The number of hydrogen-bond donors (Lipinski definition) is 1. The molecule has 2 atom stereocenters. The summed E-state index contributed by atoms with van der Waals surface area (Å²) in [6, 6.07) is 10.3. The molecule has 1 fully saturated rings. The molecule has 0 radical (unpaired) electrons. The van der Waals surface area contributed by atoms with Crippen molar-refractivity contribution in [3.63, 3.8) is 0 Å². The highest BCUT2D eigenvalue weighted by atomic mass is 32.1. The van der Waals surface area contributed by atoms with E-state index in [0.29, 0.717) is 24.5 Å². The molecule has 0 saturated carbocycles. The number of methoxy groups -OCH3 is 1. The van der Waals surface area contributed by atoms with E-state index >= 15 is 0 Å². The molecule has 3 rings (SSSR count). The van der Waals surface area contributed by atoms with Crippen LogP contribution in [0.5, 0.6) is 0 Å². The van der Waals surface area contributed by atoms with Crippen LogP contribution in [-0.4, -0.2) is 34.6 Å². The van der Waals surface area contributed by atoms with Gasteiger partial charge in [0, 0.05) is 28.9 Å². The van der Waals surface area contributed by atoms with E-state index < -0.39 is 0 Å². The number of hydrogen-bond acceptors (Lipinski definition) is 5. The molecule has 0 aliphatic carbocycles. The van der Waals surface area contributed by atoms with Crippen molar-refractivity contribution in [2.45, 2.75) is 31.8 Å². The van der Waals surface area contributed by atoms with E-state index in [0.717, 1.165) is 5.69 Å². The molecule has 5 nitrogen and oxygen atoms in total. The van der Waals surface area contributed by atoms with Crippen molar-refractivity contribution in [1.82, 2.24) is 15.2 Å². The number of rotatable bonds is 6. The number of aromatic nitrogens is 1. The van der Waals surface area contributed by atoms with E-state index in [-0.39, 0.29) is 18.1 Å². The zero-order valence-corrected chi connectivity index (χ0v) is 15.9. The molecule has 0 unspecified atom stereocenters. The molecule has 1 aliphatic rings. The molecule has 2 aromatic rings. The average molecular weight is 376 g/mol. The summed E-state index contributed by atoms with van der Waals surface area (Å²) in [5.74, 6) is -0.192. The van der Waals surface area contributed by atoms with Gasteiger partial charge in [0.05, 0.1) is 24.9 Å². The van der Waals surface area contributed by atoms with Gasteiger partial charge in [-0.1, -0.05) is 6.07 Å². The highest BCUT2D eigenvalue weighted by Gasteiger charge is 2.40. The number of aryl methyl sites for hydroxylation is 1. The Kier molecular flexibility index (Phi) is 5.65. The summed E-state index contributed by atoms with van der Waals surface area (Å²) < 4.78 is 4.73. The Morgan fingerprint density at radius 1 is 1.40 bits per heavy atom. The van der Waals surface area contributed by atoms with Crippen LogP contribution in [0.3, 0.4) is 0 Å². The Morgan fingerprint density at radius 3 is 2.88 bits per heavy atom. The van der Waals surface area contributed by atoms with Gasteiger partial charge in [0.15, 0.2) is 5.11 Å². The minimum atomic E-state index is -0.192. The highest BCUT2D eigenvalue weighted by Crippen LogP contribution is 2.41. The topological polar surface area (TPSA) is 54.5 Å². The number of pyridine rings is 1. The van der Waals surface area contributed by atoms with Gasteiger partial charge >= 0.3 is 5.97 Å². The van der Waals surface area contributed by atoms with Crippen LogP contribution in [0.2, 0.25) is 0 Å². The maximum Gasteiger partial charge on any atom is 0.305 e. The van der Waals surface area contributed by atoms with Crippen molar-refractivity contribution in [1.29, 1.82) is 0 Å². The number of thiocarbonyl (C=S) groups is 1. The fourth-order valence-corrected chi connectivity index (χ4v) is 4.42. The second-order valence-electron chi connectivity index (χ2n) is 5.95. The molecule has 0 amide bonds. The van der Waals surface area contributed by atoms with Crippen molar-refractivity contribution in [2.24, 2.45) is 0 Å². The SMILES string of the molecule is COC(=O)CCCN1C(=S)N[C@H](c2ccccn2)[C@@H]1c1ccc(C)s1. The Bertz CT molecular complexity index is 748. The number of nitrogens with zero attached hydrogens (tertiary/aromatic N) is 2. The van der Waals surface area contributed by atoms with E-state index in [9.17, 15) is 4.79 Å². The second-order valence-corrected chi connectivity index (χ2v) is 7.65. The first-order chi connectivity index (χ1) is 12.1. The number of thiophene rings is 1. The van der Waals surface area contributed by atoms with Crippen molar-refractivity contribution < 1.29 is 9.53 Å². The van der Waals surface area contributed by atoms with Gasteiger partial charge in [-0.3, -0.25) is 9.78 Å². The highest BCUT2D eigenvalue weighted by molar-refractivity contribution is 7.80. The summed E-state index contributed by atoms with van der Waals surface area (Å²) >= 11 is 7.36. The molecule has 3 heterocycles. The van der Waals surface area contributed by atoms with Crippen molar-refractivity contribution in [2.75, 3.05) is 13.7 Å². The van der Waals surface area contributed by atoms with Gasteiger partial charge in [-0.05, 0) is 49.8 Å². The van der Waals surface area contributed by atoms with Crippen LogP contribution in [0.25, 0.3) is 0 Å². The normalized spacial score (nSPS) is 19.8. The Morgan fingerprint density at radius 2 is 2.24 bits per heavy atom. The van der Waals surface area contributed by atoms with Crippen molar-refractivity contribution in [3.8, 4) is 0 Å². The predicted molar refractivity (Wildman–Crippen MR) is 102 cm³/mol. The third kappa shape index (κ3) is 3.99. The fraction of sp³-hybridized carbons (Fsp3) is 0.389. The maximum absolute atomic E-state index is 11.4. The summed E-state index contributed by atoms with van der Waals surface area (Å²) in [6.07, 6.45) is 2.89. The Hall–Kier alpha value is -1.99. The van der Waals surface area contributed by atoms with E-state index in [2.05, 4.69) is 34.3 Å². The molecule has 132 valence electrons. The molecule has 0 bridgehead atoms. The minimum absolute atomic E-state index is 0.00452. The summed E-state index contributed by atoms with van der Waals surface area (Å²) in [5, 5.41) is 4.12. The molecule has 1 saturated heterocycles. The lowest BCUT2D eigenvalue weighted by atomic mass is 10.0. The molecule has 0 spiro atoms. The van der Waals surface area contributed by atoms with Crippen LogP contribution >= 0.6 is 23.6 Å².